The lowest BCUT2D eigenvalue weighted by molar-refractivity contribution is -0.116. The Kier molecular flexibility index (Phi) is 5.36. The van der Waals surface area contributed by atoms with Gasteiger partial charge in [-0.05, 0) is 30.2 Å². The summed E-state index contributed by atoms with van der Waals surface area (Å²) in [6.45, 7) is 4.12. The molecule has 3 rings (SSSR count). The molecule has 2 N–H and O–H groups in total. The Morgan fingerprint density at radius 2 is 2.08 bits per heavy atom. The zero-order chi connectivity index (χ0) is 18.5. The summed E-state index contributed by atoms with van der Waals surface area (Å²) in [6, 6.07) is 9.37. The van der Waals surface area contributed by atoms with Crippen LogP contribution in [0.25, 0.3) is 11.3 Å². The number of nitrogens with one attached hydrogen (secondary N) is 2. The number of H-pyrrole nitrogens is 1. The summed E-state index contributed by atoms with van der Waals surface area (Å²) < 4.78 is 10.9. The van der Waals surface area contributed by atoms with Crippen LogP contribution in [0.4, 0.5) is 5.82 Å². The minimum absolute atomic E-state index is 0.129. The molecule has 1 amide bonds. The smallest absolute Gasteiger partial charge is 0.226 e. The fraction of sp³-hybridized carbons (Fsp3) is 0.316. The number of carbonyl (C=O) groups is 1. The number of methoxy groups -OCH3 is 1. The van der Waals surface area contributed by atoms with Crippen molar-refractivity contribution in [2.75, 3.05) is 12.4 Å². The molecular weight excluding hydrogens is 332 g/mol. The van der Waals surface area contributed by atoms with E-state index in [2.05, 4.69) is 34.3 Å². The maximum Gasteiger partial charge on any atom is 0.226 e. The van der Waals surface area contributed by atoms with E-state index in [1.165, 1.54) is 0 Å². The molecule has 0 aliphatic carbocycles. The number of hydrogen-bond acceptors (Lipinski definition) is 5. The fourth-order valence-electron chi connectivity index (χ4n) is 2.44. The van der Waals surface area contributed by atoms with Crippen molar-refractivity contribution in [1.29, 1.82) is 0 Å². The van der Waals surface area contributed by atoms with Crippen LogP contribution in [-0.2, 0) is 11.2 Å². The van der Waals surface area contributed by atoms with E-state index < -0.39 is 0 Å². The summed E-state index contributed by atoms with van der Waals surface area (Å²) in [5, 5.41) is 9.77. The molecule has 0 saturated heterocycles. The summed E-state index contributed by atoms with van der Waals surface area (Å²) in [6.07, 6.45) is 2.35. The van der Waals surface area contributed by atoms with Crippen molar-refractivity contribution in [1.82, 2.24) is 15.2 Å². The third-order valence-electron chi connectivity index (χ3n) is 3.98. The second-order valence-corrected chi connectivity index (χ2v) is 6.26. The molecule has 136 valence electrons. The lowest BCUT2D eigenvalue weighted by Gasteiger charge is -2.01. The van der Waals surface area contributed by atoms with Crippen molar-refractivity contribution < 1.29 is 13.9 Å². The van der Waals surface area contributed by atoms with Gasteiger partial charge < -0.3 is 14.5 Å². The Balaban J connectivity index is 1.54. The van der Waals surface area contributed by atoms with Crippen LogP contribution < -0.4 is 10.1 Å². The van der Waals surface area contributed by atoms with Crippen LogP contribution in [0, 0.1) is 0 Å². The quantitative estimate of drug-likeness (QED) is 0.674. The minimum atomic E-state index is -0.129. The second-order valence-electron chi connectivity index (χ2n) is 6.26. The van der Waals surface area contributed by atoms with Crippen LogP contribution in [0.3, 0.4) is 0 Å². The van der Waals surface area contributed by atoms with E-state index in [1.54, 1.807) is 13.3 Å². The highest BCUT2D eigenvalue weighted by Gasteiger charge is 2.11. The predicted octanol–water partition coefficient (Wildman–Crippen LogP) is 3.77. The highest BCUT2D eigenvalue weighted by molar-refractivity contribution is 5.89. The number of ether oxygens (including phenoxy) is 1. The van der Waals surface area contributed by atoms with Crippen LogP contribution in [0.2, 0.25) is 0 Å². The Morgan fingerprint density at radius 1 is 1.31 bits per heavy atom. The Hall–Kier alpha value is -3.09. The number of aryl methyl sites for hydroxylation is 1. The molecule has 7 nitrogen and oxygen atoms in total. The van der Waals surface area contributed by atoms with Crippen molar-refractivity contribution >= 4 is 11.7 Å². The Bertz CT molecular complexity index is 865. The van der Waals surface area contributed by atoms with Gasteiger partial charge in [0.1, 0.15) is 5.75 Å². The average molecular weight is 354 g/mol. The maximum absolute atomic E-state index is 12.1. The van der Waals surface area contributed by atoms with Crippen molar-refractivity contribution in [3.63, 3.8) is 0 Å². The first kappa shape index (κ1) is 17.7. The SMILES string of the molecule is COc1ccc(-c2cnc(CCC(=O)Nc3cc(C(C)C)[nH]n3)o2)cc1. The van der Waals surface area contributed by atoms with E-state index in [1.807, 2.05) is 30.3 Å². The lowest BCUT2D eigenvalue weighted by Crippen LogP contribution is -2.12. The monoisotopic (exact) mass is 354 g/mol. The van der Waals surface area contributed by atoms with E-state index in [0.29, 0.717) is 29.8 Å². The number of rotatable bonds is 7. The molecule has 0 atom stereocenters. The van der Waals surface area contributed by atoms with E-state index in [4.69, 9.17) is 9.15 Å². The van der Waals surface area contributed by atoms with Gasteiger partial charge in [-0.2, -0.15) is 5.10 Å². The number of aromatic nitrogens is 3. The van der Waals surface area contributed by atoms with Crippen LogP contribution >= 0.6 is 0 Å². The van der Waals surface area contributed by atoms with Crippen LogP contribution in [0.15, 0.2) is 40.9 Å². The molecule has 1 aromatic carbocycles. The first-order valence-electron chi connectivity index (χ1n) is 8.49. The molecule has 7 heteroatoms. The zero-order valence-corrected chi connectivity index (χ0v) is 15.1. The average Bonchev–Trinajstić information content (AvgIpc) is 3.29. The number of amides is 1. The van der Waals surface area contributed by atoms with Gasteiger partial charge >= 0.3 is 0 Å². The van der Waals surface area contributed by atoms with E-state index >= 15 is 0 Å². The summed E-state index contributed by atoms with van der Waals surface area (Å²) in [5.41, 5.74) is 1.89. The van der Waals surface area contributed by atoms with Gasteiger partial charge in [-0.1, -0.05) is 13.8 Å². The highest BCUT2D eigenvalue weighted by atomic mass is 16.5. The summed E-state index contributed by atoms with van der Waals surface area (Å²) in [4.78, 5) is 16.3. The predicted molar refractivity (Wildman–Crippen MR) is 98.1 cm³/mol. The topological polar surface area (TPSA) is 93.0 Å². The Morgan fingerprint density at radius 3 is 2.73 bits per heavy atom. The van der Waals surface area contributed by atoms with Gasteiger partial charge in [0.15, 0.2) is 17.5 Å². The van der Waals surface area contributed by atoms with Gasteiger partial charge in [-0.15, -0.1) is 0 Å². The van der Waals surface area contributed by atoms with Crippen LogP contribution in [0.1, 0.15) is 37.8 Å². The fourth-order valence-corrected chi connectivity index (χ4v) is 2.44. The number of hydrogen-bond donors (Lipinski definition) is 2. The first-order chi connectivity index (χ1) is 12.5. The number of aromatic amines is 1. The van der Waals surface area contributed by atoms with Crippen molar-refractivity contribution in [3.8, 4) is 17.1 Å². The number of oxazole rings is 1. The van der Waals surface area contributed by atoms with Gasteiger partial charge in [0.25, 0.3) is 0 Å². The molecule has 0 unspecified atom stereocenters. The van der Waals surface area contributed by atoms with Gasteiger partial charge in [0.2, 0.25) is 5.91 Å². The lowest BCUT2D eigenvalue weighted by atomic mass is 10.1. The molecule has 26 heavy (non-hydrogen) atoms. The van der Waals surface area contributed by atoms with Crippen molar-refractivity contribution in [2.24, 2.45) is 0 Å². The van der Waals surface area contributed by atoms with E-state index in [9.17, 15) is 4.79 Å². The number of anilines is 1. The molecule has 0 bridgehead atoms. The third-order valence-corrected chi connectivity index (χ3v) is 3.98. The van der Waals surface area contributed by atoms with Gasteiger partial charge in [-0.25, -0.2) is 4.98 Å². The molecular formula is C19H22N4O3. The van der Waals surface area contributed by atoms with Gasteiger partial charge in [0.05, 0.1) is 13.3 Å². The summed E-state index contributed by atoms with van der Waals surface area (Å²) >= 11 is 0. The van der Waals surface area contributed by atoms with Gasteiger partial charge in [-0.3, -0.25) is 9.89 Å². The summed E-state index contributed by atoms with van der Waals surface area (Å²) in [7, 11) is 1.62. The molecule has 0 saturated carbocycles. The standard InChI is InChI=1S/C19H22N4O3/c1-12(2)15-10-17(23-22-15)21-18(24)8-9-19-20-11-16(26-19)13-4-6-14(25-3)7-5-13/h4-7,10-12H,8-9H2,1-3H3,(H2,21,22,23,24). The number of benzene rings is 1. The third kappa shape index (κ3) is 4.30. The van der Waals surface area contributed by atoms with E-state index in [-0.39, 0.29) is 12.3 Å². The van der Waals surface area contributed by atoms with Crippen LogP contribution in [0.5, 0.6) is 5.75 Å². The molecule has 2 heterocycles. The maximum atomic E-state index is 12.1. The van der Waals surface area contributed by atoms with Crippen molar-refractivity contribution in [2.45, 2.75) is 32.6 Å². The molecule has 0 spiro atoms. The van der Waals surface area contributed by atoms with Gasteiger partial charge in [0, 0.05) is 30.2 Å². The summed E-state index contributed by atoms with van der Waals surface area (Å²) in [5.74, 6) is 2.70. The highest BCUT2D eigenvalue weighted by Crippen LogP contribution is 2.23. The molecule has 0 aliphatic heterocycles. The molecule has 0 radical (unpaired) electrons. The molecule has 2 aromatic heterocycles. The van der Waals surface area contributed by atoms with Crippen molar-refractivity contribution in [3.05, 3.63) is 48.1 Å². The largest absolute Gasteiger partial charge is 0.497 e. The molecule has 3 aromatic rings. The second kappa shape index (κ2) is 7.86. The van der Waals surface area contributed by atoms with E-state index in [0.717, 1.165) is 17.0 Å². The number of carbonyl (C=O) groups excluding carboxylic acids is 1. The van der Waals surface area contributed by atoms with Crippen LogP contribution in [-0.4, -0.2) is 28.2 Å². The normalized spacial score (nSPS) is 10.9. The number of nitrogens with zero attached hydrogens (tertiary/aromatic N) is 2. The zero-order valence-electron chi connectivity index (χ0n) is 15.1. The first-order valence-corrected chi connectivity index (χ1v) is 8.49. The Labute approximate surface area is 151 Å². The minimum Gasteiger partial charge on any atom is -0.497 e. The molecule has 0 fully saturated rings. The molecule has 0 aliphatic rings.